The van der Waals surface area contributed by atoms with Crippen molar-refractivity contribution in [1.29, 1.82) is 0 Å². The summed E-state index contributed by atoms with van der Waals surface area (Å²) in [5.74, 6) is 0.696. The Bertz CT molecular complexity index is 396. The summed E-state index contributed by atoms with van der Waals surface area (Å²) in [6.07, 6.45) is 5.82. The van der Waals surface area contributed by atoms with Crippen LogP contribution in [-0.2, 0) is 19.9 Å². The molecule has 1 heterocycles. The second-order valence-corrected chi connectivity index (χ2v) is 5.89. The smallest absolute Gasteiger partial charge is 0.0849 e. The summed E-state index contributed by atoms with van der Waals surface area (Å²) in [5.41, 5.74) is 2.21. The minimum absolute atomic E-state index is 0.696. The molecule has 1 saturated carbocycles. The van der Waals surface area contributed by atoms with Crippen LogP contribution in [0.3, 0.4) is 0 Å². The first-order chi connectivity index (χ1) is 8.61. The first kappa shape index (κ1) is 13.9. The highest BCUT2D eigenvalue weighted by atomic mass is 35.5. The Kier molecular flexibility index (Phi) is 4.68. The molecule has 0 saturated heterocycles. The minimum atomic E-state index is 0.696. The summed E-state index contributed by atoms with van der Waals surface area (Å²) >= 11 is 6.35. The van der Waals surface area contributed by atoms with Gasteiger partial charge in [0.2, 0.25) is 0 Å². The van der Waals surface area contributed by atoms with Gasteiger partial charge in [0.15, 0.2) is 0 Å². The van der Waals surface area contributed by atoms with Crippen LogP contribution in [0.25, 0.3) is 0 Å². The number of aromatic nitrogens is 2. The molecule has 0 bridgehead atoms. The molecule has 0 aliphatic heterocycles. The van der Waals surface area contributed by atoms with Gasteiger partial charge in [0, 0.05) is 13.1 Å². The van der Waals surface area contributed by atoms with Crippen molar-refractivity contribution in [2.75, 3.05) is 6.54 Å². The van der Waals surface area contributed by atoms with E-state index in [0.717, 1.165) is 36.1 Å². The Balaban J connectivity index is 1.82. The van der Waals surface area contributed by atoms with Gasteiger partial charge >= 0.3 is 0 Å². The van der Waals surface area contributed by atoms with Gasteiger partial charge in [-0.05, 0) is 44.6 Å². The number of nitrogens with one attached hydrogen (secondary N) is 1. The van der Waals surface area contributed by atoms with Gasteiger partial charge in [-0.25, -0.2) is 0 Å². The molecule has 0 radical (unpaired) electrons. The third-order valence-corrected chi connectivity index (χ3v) is 4.15. The predicted octanol–water partition coefficient (Wildman–Crippen LogP) is 2.96. The number of halogens is 1. The fourth-order valence-corrected chi connectivity index (χ4v) is 2.62. The summed E-state index contributed by atoms with van der Waals surface area (Å²) < 4.78 is 1.95. The van der Waals surface area contributed by atoms with Gasteiger partial charge in [0.05, 0.1) is 16.4 Å². The molecule has 102 valence electrons. The first-order valence-corrected chi connectivity index (χ1v) is 7.43. The van der Waals surface area contributed by atoms with Crippen molar-refractivity contribution in [2.45, 2.75) is 52.0 Å². The molecule has 1 N–H and O–H groups in total. The monoisotopic (exact) mass is 269 g/mol. The maximum atomic E-state index is 6.35. The van der Waals surface area contributed by atoms with Crippen molar-refractivity contribution < 1.29 is 0 Å². The standard InChI is InChI=1S/C14H24ClN3/c1-4-12-14(15)13(18(3)17-12)8-5-10(2)9-16-11-6-7-11/h10-11,16H,4-9H2,1-3H3. The normalized spacial score (nSPS) is 17.1. The maximum Gasteiger partial charge on any atom is 0.0849 e. The lowest BCUT2D eigenvalue weighted by Crippen LogP contribution is -2.23. The molecule has 1 aliphatic carbocycles. The van der Waals surface area contributed by atoms with Crippen LogP contribution in [0.15, 0.2) is 0 Å². The van der Waals surface area contributed by atoms with Crippen molar-refractivity contribution in [3.05, 3.63) is 16.4 Å². The van der Waals surface area contributed by atoms with Crippen LogP contribution < -0.4 is 5.32 Å². The van der Waals surface area contributed by atoms with E-state index >= 15 is 0 Å². The Morgan fingerprint density at radius 3 is 2.78 bits per heavy atom. The van der Waals surface area contributed by atoms with E-state index in [2.05, 4.69) is 24.3 Å². The van der Waals surface area contributed by atoms with E-state index in [0.29, 0.717) is 5.92 Å². The lowest BCUT2D eigenvalue weighted by Gasteiger charge is -2.12. The van der Waals surface area contributed by atoms with Crippen molar-refractivity contribution in [2.24, 2.45) is 13.0 Å². The summed E-state index contributed by atoms with van der Waals surface area (Å²) in [6.45, 7) is 5.53. The maximum absolute atomic E-state index is 6.35. The Morgan fingerprint density at radius 1 is 1.50 bits per heavy atom. The number of rotatable bonds is 7. The molecule has 18 heavy (non-hydrogen) atoms. The van der Waals surface area contributed by atoms with E-state index in [-0.39, 0.29) is 0 Å². The van der Waals surface area contributed by atoms with E-state index in [1.54, 1.807) is 0 Å². The summed E-state index contributed by atoms with van der Waals surface area (Å²) in [4.78, 5) is 0. The van der Waals surface area contributed by atoms with E-state index in [1.807, 2.05) is 11.7 Å². The van der Waals surface area contributed by atoms with Gasteiger partial charge in [0.25, 0.3) is 0 Å². The average Bonchev–Trinajstić information content (AvgIpc) is 3.13. The minimum Gasteiger partial charge on any atom is -0.314 e. The Hall–Kier alpha value is -0.540. The molecular formula is C14H24ClN3. The molecule has 1 fully saturated rings. The van der Waals surface area contributed by atoms with Crippen LogP contribution in [0.4, 0.5) is 0 Å². The quantitative estimate of drug-likeness (QED) is 0.825. The van der Waals surface area contributed by atoms with Crippen LogP contribution in [0.5, 0.6) is 0 Å². The van der Waals surface area contributed by atoms with Gasteiger partial charge in [-0.2, -0.15) is 5.10 Å². The molecule has 1 atom stereocenters. The van der Waals surface area contributed by atoms with E-state index < -0.39 is 0 Å². The summed E-state index contributed by atoms with van der Waals surface area (Å²) in [7, 11) is 1.99. The molecule has 1 aromatic heterocycles. The first-order valence-electron chi connectivity index (χ1n) is 7.05. The summed E-state index contributed by atoms with van der Waals surface area (Å²) in [5, 5.41) is 8.92. The average molecular weight is 270 g/mol. The fourth-order valence-electron chi connectivity index (χ4n) is 2.23. The highest BCUT2D eigenvalue weighted by Gasteiger charge is 2.21. The van der Waals surface area contributed by atoms with E-state index in [9.17, 15) is 0 Å². The van der Waals surface area contributed by atoms with Crippen molar-refractivity contribution in [3.63, 3.8) is 0 Å². The lowest BCUT2D eigenvalue weighted by molar-refractivity contribution is 0.473. The van der Waals surface area contributed by atoms with Gasteiger partial charge < -0.3 is 5.32 Å². The highest BCUT2D eigenvalue weighted by Crippen LogP contribution is 2.23. The molecule has 4 heteroatoms. The zero-order chi connectivity index (χ0) is 13.1. The second-order valence-electron chi connectivity index (χ2n) is 5.51. The zero-order valence-electron chi connectivity index (χ0n) is 11.7. The molecule has 1 aliphatic rings. The van der Waals surface area contributed by atoms with E-state index in [1.165, 1.54) is 25.0 Å². The van der Waals surface area contributed by atoms with Gasteiger partial charge in [-0.15, -0.1) is 0 Å². The molecule has 1 aromatic rings. The number of hydrogen-bond acceptors (Lipinski definition) is 2. The van der Waals surface area contributed by atoms with Gasteiger partial charge in [-0.1, -0.05) is 25.4 Å². The van der Waals surface area contributed by atoms with Gasteiger partial charge in [-0.3, -0.25) is 4.68 Å². The van der Waals surface area contributed by atoms with Crippen LogP contribution in [-0.4, -0.2) is 22.4 Å². The van der Waals surface area contributed by atoms with Crippen molar-refractivity contribution >= 4 is 11.6 Å². The van der Waals surface area contributed by atoms with Crippen LogP contribution >= 0.6 is 11.6 Å². The SMILES string of the molecule is CCc1nn(C)c(CCC(C)CNC2CC2)c1Cl. The number of nitrogens with zero attached hydrogens (tertiary/aromatic N) is 2. The molecule has 0 spiro atoms. The summed E-state index contributed by atoms with van der Waals surface area (Å²) in [6, 6.07) is 0.805. The zero-order valence-corrected chi connectivity index (χ0v) is 12.4. The molecule has 0 aromatic carbocycles. The van der Waals surface area contributed by atoms with Crippen LogP contribution in [0, 0.1) is 5.92 Å². The lowest BCUT2D eigenvalue weighted by atomic mass is 10.0. The van der Waals surface area contributed by atoms with Crippen molar-refractivity contribution in [3.8, 4) is 0 Å². The van der Waals surface area contributed by atoms with E-state index in [4.69, 9.17) is 11.6 Å². The molecule has 2 rings (SSSR count). The fraction of sp³-hybridized carbons (Fsp3) is 0.786. The molecule has 1 unspecified atom stereocenters. The third kappa shape index (κ3) is 3.48. The second kappa shape index (κ2) is 6.07. The van der Waals surface area contributed by atoms with Gasteiger partial charge in [0.1, 0.15) is 0 Å². The van der Waals surface area contributed by atoms with Crippen molar-refractivity contribution in [1.82, 2.24) is 15.1 Å². The highest BCUT2D eigenvalue weighted by molar-refractivity contribution is 6.31. The van der Waals surface area contributed by atoms with Crippen LogP contribution in [0.1, 0.15) is 44.5 Å². The third-order valence-electron chi connectivity index (χ3n) is 3.71. The largest absolute Gasteiger partial charge is 0.314 e. The molecule has 0 amide bonds. The van der Waals surface area contributed by atoms with Crippen LogP contribution in [0.2, 0.25) is 5.02 Å². The number of hydrogen-bond donors (Lipinski definition) is 1. The Morgan fingerprint density at radius 2 is 2.22 bits per heavy atom. The topological polar surface area (TPSA) is 29.9 Å². The molecular weight excluding hydrogens is 246 g/mol. The number of aryl methyl sites for hydroxylation is 2. The predicted molar refractivity (Wildman–Crippen MR) is 76.1 cm³/mol. The Labute approximate surface area is 115 Å². The molecule has 3 nitrogen and oxygen atoms in total.